The van der Waals surface area contributed by atoms with Gasteiger partial charge >= 0.3 is 0 Å². The van der Waals surface area contributed by atoms with Gasteiger partial charge in [0.1, 0.15) is 10.4 Å². The predicted molar refractivity (Wildman–Crippen MR) is 130 cm³/mol. The van der Waals surface area contributed by atoms with Crippen LogP contribution >= 0.6 is 23.1 Å². The number of amides is 1. The number of aromatic nitrogens is 2. The third-order valence-electron chi connectivity index (χ3n) is 5.99. The van der Waals surface area contributed by atoms with Crippen molar-refractivity contribution in [2.75, 3.05) is 5.75 Å². The van der Waals surface area contributed by atoms with Gasteiger partial charge in [0, 0.05) is 4.88 Å². The zero-order valence-corrected chi connectivity index (χ0v) is 20.2. The molecule has 2 heterocycles. The monoisotopic (exact) mass is 466 g/mol. The number of nitrogens with one attached hydrogen (secondary N) is 1. The van der Waals surface area contributed by atoms with Gasteiger partial charge in [0.15, 0.2) is 5.16 Å². The van der Waals surface area contributed by atoms with Crippen molar-refractivity contribution >= 4 is 39.2 Å². The lowest BCUT2D eigenvalue weighted by Gasteiger charge is -2.22. The Labute approximate surface area is 195 Å². The Balaban J connectivity index is 1.73. The molecule has 0 spiro atoms. The minimum Gasteiger partial charge on any atom is -0.337 e. The van der Waals surface area contributed by atoms with Gasteiger partial charge in [-0.1, -0.05) is 30.8 Å². The fourth-order valence-corrected chi connectivity index (χ4v) is 6.36. The number of rotatable bonds is 6. The van der Waals surface area contributed by atoms with Crippen LogP contribution in [0.3, 0.4) is 0 Å². The third-order valence-corrected chi connectivity index (χ3v) is 7.97. The molecule has 32 heavy (non-hydrogen) atoms. The van der Waals surface area contributed by atoms with Crippen molar-refractivity contribution in [3.63, 3.8) is 0 Å². The molecule has 3 aromatic rings. The Morgan fingerprint density at radius 2 is 2.09 bits per heavy atom. The van der Waals surface area contributed by atoms with Crippen LogP contribution in [0.2, 0.25) is 0 Å². The summed E-state index contributed by atoms with van der Waals surface area (Å²) in [5.74, 6) is -0.113. The first-order valence-corrected chi connectivity index (χ1v) is 12.6. The van der Waals surface area contributed by atoms with Crippen LogP contribution in [-0.4, -0.2) is 26.8 Å². The van der Waals surface area contributed by atoms with Crippen LogP contribution < -0.4 is 10.9 Å². The standard InChI is InChI=1S/C24H26N4O2S2/c1-4-18-16(3)32-21-20(18)22(30)28(17-9-7-8-15(2)12-17)23(26-21)31-13-19(29)27-24(14-25)10-5-6-11-24/h7-9,12H,4-6,10-11,13H2,1-3H3,(H,27,29). The minimum atomic E-state index is -0.758. The first kappa shape index (κ1) is 22.6. The molecule has 0 unspecified atom stereocenters. The van der Waals surface area contributed by atoms with E-state index in [1.54, 1.807) is 4.57 Å². The first-order valence-electron chi connectivity index (χ1n) is 10.8. The zero-order valence-electron chi connectivity index (χ0n) is 18.5. The maximum atomic E-state index is 13.6. The van der Waals surface area contributed by atoms with Crippen LogP contribution in [0, 0.1) is 25.2 Å². The molecule has 1 aliphatic rings. The first-order chi connectivity index (χ1) is 15.4. The maximum Gasteiger partial charge on any atom is 0.267 e. The van der Waals surface area contributed by atoms with Gasteiger partial charge < -0.3 is 5.32 Å². The lowest BCUT2D eigenvalue weighted by molar-refractivity contribution is -0.119. The summed E-state index contributed by atoms with van der Waals surface area (Å²) in [5.41, 5.74) is 1.95. The van der Waals surface area contributed by atoms with E-state index in [0.29, 0.717) is 28.2 Å². The molecule has 166 valence electrons. The lowest BCUT2D eigenvalue weighted by Crippen LogP contribution is -2.45. The molecule has 1 aliphatic carbocycles. The van der Waals surface area contributed by atoms with E-state index >= 15 is 0 Å². The Morgan fingerprint density at radius 1 is 1.34 bits per heavy atom. The van der Waals surface area contributed by atoms with Crippen LogP contribution in [0.15, 0.2) is 34.2 Å². The highest BCUT2D eigenvalue weighted by Crippen LogP contribution is 2.31. The van der Waals surface area contributed by atoms with Crippen molar-refractivity contribution in [1.29, 1.82) is 5.26 Å². The Hall–Kier alpha value is -2.63. The number of nitrogens with zero attached hydrogens (tertiary/aromatic N) is 3. The maximum absolute atomic E-state index is 13.6. The highest BCUT2D eigenvalue weighted by Gasteiger charge is 2.35. The Morgan fingerprint density at radius 3 is 2.75 bits per heavy atom. The van der Waals surface area contributed by atoms with Crippen LogP contribution in [-0.2, 0) is 11.2 Å². The van der Waals surface area contributed by atoms with Gasteiger partial charge in [-0.2, -0.15) is 5.26 Å². The fraction of sp³-hybridized carbons (Fsp3) is 0.417. The molecule has 6 nitrogen and oxygen atoms in total. The number of nitriles is 1. The van der Waals surface area contributed by atoms with E-state index in [1.165, 1.54) is 23.1 Å². The second-order valence-electron chi connectivity index (χ2n) is 8.28. The lowest BCUT2D eigenvalue weighted by atomic mass is 10.0. The molecule has 0 atom stereocenters. The summed E-state index contributed by atoms with van der Waals surface area (Å²) in [6.45, 7) is 6.05. The molecule has 4 rings (SSSR count). The summed E-state index contributed by atoms with van der Waals surface area (Å²) in [4.78, 5) is 33.0. The van der Waals surface area contributed by atoms with Gasteiger partial charge in [0.05, 0.1) is 22.9 Å². The predicted octanol–water partition coefficient (Wildman–Crippen LogP) is 4.67. The third kappa shape index (κ3) is 4.19. The number of carbonyl (C=O) groups excluding carboxylic acids is 1. The van der Waals surface area contributed by atoms with Crippen LogP contribution in [0.1, 0.15) is 48.6 Å². The number of thiophene rings is 1. The molecular weight excluding hydrogens is 440 g/mol. The van der Waals surface area contributed by atoms with E-state index in [0.717, 1.165) is 41.0 Å². The summed E-state index contributed by atoms with van der Waals surface area (Å²) in [6, 6.07) is 10.0. The van der Waals surface area contributed by atoms with Crippen molar-refractivity contribution in [2.24, 2.45) is 0 Å². The van der Waals surface area contributed by atoms with Crippen molar-refractivity contribution in [1.82, 2.24) is 14.9 Å². The average molecular weight is 467 g/mol. The zero-order chi connectivity index (χ0) is 22.9. The van der Waals surface area contributed by atoms with E-state index in [2.05, 4.69) is 11.4 Å². The number of aryl methyl sites for hydroxylation is 3. The quantitative estimate of drug-likeness (QED) is 0.421. The molecule has 1 saturated carbocycles. The van der Waals surface area contributed by atoms with Crippen LogP contribution in [0.5, 0.6) is 0 Å². The highest BCUT2D eigenvalue weighted by atomic mass is 32.2. The molecule has 1 aromatic carbocycles. The summed E-state index contributed by atoms with van der Waals surface area (Å²) >= 11 is 2.76. The average Bonchev–Trinajstić information content (AvgIpc) is 3.36. The number of carbonyl (C=O) groups is 1. The number of benzene rings is 1. The van der Waals surface area contributed by atoms with Crippen molar-refractivity contribution < 1.29 is 4.79 Å². The van der Waals surface area contributed by atoms with Gasteiger partial charge in [-0.3, -0.25) is 14.2 Å². The van der Waals surface area contributed by atoms with Crippen molar-refractivity contribution in [3.8, 4) is 11.8 Å². The van der Waals surface area contributed by atoms with E-state index in [-0.39, 0.29) is 17.2 Å². The second kappa shape index (κ2) is 9.08. The largest absolute Gasteiger partial charge is 0.337 e. The number of fused-ring (bicyclic) bond motifs is 1. The molecule has 0 bridgehead atoms. The SMILES string of the molecule is CCc1c(C)sc2nc(SCC(=O)NC3(C#N)CCCC3)n(-c3cccc(C)c3)c(=O)c12. The Bertz CT molecular complexity index is 1280. The topological polar surface area (TPSA) is 87.8 Å². The van der Waals surface area contributed by atoms with Gasteiger partial charge in [-0.25, -0.2) is 4.98 Å². The molecule has 0 radical (unpaired) electrons. The molecule has 1 amide bonds. The van der Waals surface area contributed by atoms with Crippen molar-refractivity contribution in [3.05, 3.63) is 50.6 Å². The normalized spacial score (nSPS) is 15.1. The number of hydrogen-bond donors (Lipinski definition) is 1. The van der Waals surface area contributed by atoms with E-state index in [1.807, 2.05) is 45.0 Å². The number of thioether (sulfide) groups is 1. The van der Waals surface area contributed by atoms with Gasteiger partial charge in [0.25, 0.3) is 5.56 Å². The smallest absolute Gasteiger partial charge is 0.267 e. The molecule has 0 saturated heterocycles. The molecule has 2 aromatic heterocycles. The van der Waals surface area contributed by atoms with Gasteiger partial charge in [-0.15, -0.1) is 11.3 Å². The summed E-state index contributed by atoms with van der Waals surface area (Å²) in [5, 5.41) is 13.6. The molecule has 0 aliphatic heterocycles. The van der Waals surface area contributed by atoms with E-state index in [4.69, 9.17) is 4.98 Å². The summed E-state index contributed by atoms with van der Waals surface area (Å²) < 4.78 is 1.62. The second-order valence-corrected chi connectivity index (χ2v) is 10.4. The molecular formula is C24H26N4O2S2. The molecule has 8 heteroatoms. The molecule has 1 N–H and O–H groups in total. The molecule has 1 fully saturated rings. The van der Waals surface area contributed by atoms with Crippen LogP contribution in [0.25, 0.3) is 15.9 Å². The van der Waals surface area contributed by atoms with Crippen LogP contribution in [0.4, 0.5) is 0 Å². The summed E-state index contributed by atoms with van der Waals surface area (Å²) in [6.07, 6.45) is 4.04. The highest BCUT2D eigenvalue weighted by molar-refractivity contribution is 7.99. The van der Waals surface area contributed by atoms with Gasteiger partial charge in [-0.05, 0) is 69.2 Å². The minimum absolute atomic E-state index is 0.0954. The summed E-state index contributed by atoms with van der Waals surface area (Å²) in [7, 11) is 0. The number of hydrogen-bond acceptors (Lipinski definition) is 6. The fourth-order valence-electron chi connectivity index (χ4n) is 4.39. The Kier molecular flexibility index (Phi) is 6.40. The van der Waals surface area contributed by atoms with Crippen molar-refractivity contribution in [2.45, 2.75) is 63.6 Å². The van der Waals surface area contributed by atoms with E-state index < -0.39 is 5.54 Å². The van der Waals surface area contributed by atoms with Gasteiger partial charge in [0.2, 0.25) is 5.91 Å². The van der Waals surface area contributed by atoms with E-state index in [9.17, 15) is 14.9 Å².